The Kier molecular flexibility index (Phi) is 6.60. The van der Waals surface area contributed by atoms with Crippen molar-refractivity contribution in [3.63, 3.8) is 0 Å². The molecule has 1 amide bonds. The van der Waals surface area contributed by atoms with Crippen LogP contribution in [-0.2, 0) is 4.74 Å². The number of carboxylic acid groups (broad SMARTS) is 1. The fourth-order valence-corrected chi connectivity index (χ4v) is 3.01. The van der Waals surface area contributed by atoms with Gasteiger partial charge < -0.3 is 25.0 Å². The van der Waals surface area contributed by atoms with E-state index in [1.54, 1.807) is 13.3 Å². The molecule has 1 saturated carbocycles. The van der Waals surface area contributed by atoms with Gasteiger partial charge in [0.15, 0.2) is 0 Å². The Morgan fingerprint density at radius 1 is 1.38 bits per heavy atom. The van der Waals surface area contributed by atoms with Crippen LogP contribution >= 0.6 is 0 Å². The molecular weight excluding hydrogens is 310 g/mol. The van der Waals surface area contributed by atoms with E-state index < -0.39 is 6.09 Å². The van der Waals surface area contributed by atoms with Crippen molar-refractivity contribution in [1.29, 1.82) is 0 Å². The van der Waals surface area contributed by atoms with E-state index in [2.05, 4.69) is 15.3 Å². The predicted molar refractivity (Wildman–Crippen MR) is 92.6 cm³/mol. The zero-order chi connectivity index (χ0) is 17.5. The largest absolute Gasteiger partial charge is 0.465 e. The lowest BCUT2D eigenvalue weighted by Gasteiger charge is -2.35. The Bertz CT molecular complexity index is 532. The van der Waals surface area contributed by atoms with Gasteiger partial charge in [0.25, 0.3) is 0 Å². The van der Waals surface area contributed by atoms with Crippen molar-refractivity contribution < 1.29 is 14.6 Å². The standard InChI is InChI=1S/C16H27N5O3/c1-20(2)14-8-9-17-15(19-14)18-12-4-6-13(7-5-12)21(16(22)23)10-11-24-3/h8-9,12-13H,4-7,10-11H2,1-3H3,(H,22,23)(H,17,18,19). The van der Waals surface area contributed by atoms with Crippen LogP contribution in [0.15, 0.2) is 12.3 Å². The lowest BCUT2D eigenvalue weighted by Crippen LogP contribution is -2.44. The number of hydrogen-bond acceptors (Lipinski definition) is 6. The summed E-state index contributed by atoms with van der Waals surface area (Å²) in [7, 11) is 5.47. The number of carbonyl (C=O) groups is 1. The van der Waals surface area contributed by atoms with Crippen LogP contribution in [0.4, 0.5) is 16.6 Å². The van der Waals surface area contributed by atoms with E-state index in [0.29, 0.717) is 19.1 Å². The van der Waals surface area contributed by atoms with Gasteiger partial charge in [-0.2, -0.15) is 4.98 Å². The number of methoxy groups -OCH3 is 1. The topological polar surface area (TPSA) is 90.8 Å². The number of anilines is 2. The summed E-state index contributed by atoms with van der Waals surface area (Å²) in [6.07, 6.45) is 4.34. The zero-order valence-electron chi connectivity index (χ0n) is 14.6. The van der Waals surface area contributed by atoms with Crippen LogP contribution in [0.1, 0.15) is 25.7 Å². The quantitative estimate of drug-likeness (QED) is 0.785. The van der Waals surface area contributed by atoms with Crippen molar-refractivity contribution >= 4 is 17.9 Å². The van der Waals surface area contributed by atoms with Crippen LogP contribution in [0, 0.1) is 0 Å². The van der Waals surface area contributed by atoms with Crippen molar-refractivity contribution in [3.8, 4) is 0 Å². The summed E-state index contributed by atoms with van der Waals surface area (Å²) in [5.74, 6) is 1.48. The molecular formula is C16H27N5O3. The molecule has 2 N–H and O–H groups in total. The maximum absolute atomic E-state index is 11.4. The summed E-state index contributed by atoms with van der Waals surface area (Å²) in [5.41, 5.74) is 0. The number of rotatable bonds is 7. The number of nitrogens with zero attached hydrogens (tertiary/aromatic N) is 4. The van der Waals surface area contributed by atoms with Gasteiger partial charge in [-0.1, -0.05) is 0 Å². The minimum atomic E-state index is -0.870. The van der Waals surface area contributed by atoms with E-state index in [0.717, 1.165) is 31.5 Å². The molecule has 0 radical (unpaired) electrons. The molecule has 0 unspecified atom stereocenters. The average molecular weight is 337 g/mol. The third-order valence-corrected chi connectivity index (χ3v) is 4.35. The Morgan fingerprint density at radius 2 is 2.08 bits per heavy atom. The maximum atomic E-state index is 11.4. The lowest BCUT2D eigenvalue weighted by atomic mass is 9.90. The third-order valence-electron chi connectivity index (χ3n) is 4.35. The number of hydrogen-bond donors (Lipinski definition) is 2. The highest BCUT2D eigenvalue weighted by molar-refractivity contribution is 5.65. The second kappa shape index (κ2) is 8.68. The van der Waals surface area contributed by atoms with Gasteiger partial charge in [-0.05, 0) is 31.7 Å². The molecule has 1 fully saturated rings. The monoisotopic (exact) mass is 337 g/mol. The average Bonchev–Trinajstić information content (AvgIpc) is 2.56. The van der Waals surface area contributed by atoms with Crippen LogP contribution in [0.25, 0.3) is 0 Å². The van der Waals surface area contributed by atoms with Crippen LogP contribution in [0.2, 0.25) is 0 Å². The van der Waals surface area contributed by atoms with Gasteiger partial charge in [0.2, 0.25) is 5.95 Å². The van der Waals surface area contributed by atoms with Gasteiger partial charge in [0, 0.05) is 46.0 Å². The van der Waals surface area contributed by atoms with Crippen LogP contribution in [0.5, 0.6) is 0 Å². The fraction of sp³-hybridized carbons (Fsp3) is 0.688. The highest BCUT2D eigenvalue weighted by atomic mass is 16.5. The van der Waals surface area contributed by atoms with E-state index in [-0.39, 0.29) is 12.1 Å². The summed E-state index contributed by atoms with van der Waals surface area (Å²) < 4.78 is 5.01. The van der Waals surface area contributed by atoms with Gasteiger partial charge in [-0.3, -0.25) is 0 Å². The van der Waals surface area contributed by atoms with Crippen LogP contribution in [0.3, 0.4) is 0 Å². The van der Waals surface area contributed by atoms with Gasteiger partial charge >= 0.3 is 6.09 Å². The number of amides is 1. The second-order valence-corrected chi connectivity index (χ2v) is 6.25. The molecule has 134 valence electrons. The first-order valence-corrected chi connectivity index (χ1v) is 8.26. The van der Waals surface area contributed by atoms with Gasteiger partial charge in [-0.25, -0.2) is 9.78 Å². The summed E-state index contributed by atoms with van der Waals surface area (Å²) in [6.45, 7) is 0.845. The molecule has 1 aliphatic rings. The normalized spacial score (nSPS) is 20.5. The molecule has 1 aliphatic carbocycles. The lowest BCUT2D eigenvalue weighted by molar-refractivity contribution is 0.0854. The first kappa shape index (κ1) is 18.3. The molecule has 0 spiro atoms. The minimum Gasteiger partial charge on any atom is -0.465 e. The van der Waals surface area contributed by atoms with Crippen molar-refractivity contribution in [1.82, 2.24) is 14.9 Å². The molecule has 0 bridgehead atoms. The first-order chi connectivity index (χ1) is 11.5. The van der Waals surface area contributed by atoms with Crippen molar-refractivity contribution in [3.05, 3.63) is 12.3 Å². The molecule has 8 nitrogen and oxygen atoms in total. The molecule has 0 atom stereocenters. The van der Waals surface area contributed by atoms with Crippen molar-refractivity contribution in [2.45, 2.75) is 37.8 Å². The Hall–Kier alpha value is -2.09. The number of aromatic nitrogens is 2. The highest BCUT2D eigenvalue weighted by Gasteiger charge is 2.28. The summed E-state index contributed by atoms with van der Waals surface area (Å²) in [5, 5.41) is 12.7. The summed E-state index contributed by atoms with van der Waals surface area (Å²) in [6, 6.07) is 2.20. The fourth-order valence-electron chi connectivity index (χ4n) is 3.01. The van der Waals surface area contributed by atoms with E-state index in [9.17, 15) is 9.90 Å². The molecule has 8 heteroatoms. The molecule has 2 rings (SSSR count). The second-order valence-electron chi connectivity index (χ2n) is 6.25. The molecule has 1 aromatic heterocycles. The van der Waals surface area contributed by atoms with E-state index in [1.807, 2.05) is 25.1 Å². The van der Waals surface area contributed by atoms with E-state index in [4.69, 9.17) is 4.74 Å². The SMILES string of the molecule is COCCN(C(=O)O)C1CCC(Nc2nccc(N(C)C)n2)CC1. The van der Waals surface area contributed by atoms with E-state index in [1.165, 1.54) is 4.90 Å². The summed E-state index contributed by atoms with van der Waals surface area (Å²) >= 11 is 0. The molecule has 1 heterocycles. The van der Waals surface area contributed by atoms with Crippen molar-refractivity contribution in [2.24, 2.45) is 0 Å². The smallest absolute Gasteiger partial charge is 0.407 e. The molecule has 1 aromatic rings. The van der Waals surface area contributed by atoms with Gasteiger partial charge in [0.05, 0.1) is 6.61 Å². The van der Waals surface area contributed by atoms with Crippen LogP contribution in [-0.4, -0.2) is 72.5 Å². The minimum absolute atomic E-state index is 0.0599. The van der Waals surface area contributed by atoms with Gasteiger partial charge in [-0.15, -0.1) is 0 Å². The Morgan fingerprint density at radius 3 is 2.67 bits per heavy atom. The maximum Gasteiger partial charge on any atom is 0.407 e. The first-order valence-electron chi connectivity index (χ1n) is 8.26. The highest BCUT2D eigenvalue weighted by Crippen LogP contribution is 2.25. The Balaban J connectivity index is 1.88. The van der Waals surface area contributed by atoms with E-state index >= 15 is 0 Å². The summed E-state index contributed by atoms with van der Waals surface area (Å²) in [4.78, 5) is 23.6. The van der Waals surface area contributed by atoms with Gasteiger partial charge in [0.1, 0.15) is 5.82 Å². The van der Waals surface area contributed by atoms with Crippen LogP contribution < -0.4 is 10.2 Å². The molecule has 24 heavy (non-hydrogen) atoms. The predicted octanol–water partition coefficient (Wildman–Crippen LogP) is 1.89. The zero-order valence-corrected chi connectivity index (χ0v) is 14.6. The number of ether oxygens (including phenoxy) is 1. The Labute approximate surface area is 142 Å². The third kappa shape index (κ3) is 4.95. The number of nitrogens with one attached hydrogen (secondary N) is 1. The molecule has 0 saturated heterocycles. The van der Waals surface area contributed by atoms with Crippen molar-refractivity contribution in [2.75, 3.05) is 44.6 Å². The molecule has 0 aliphatic heterocycles. The molecule has 0 aromatic carbocycles.